The van der Waals surface area contributed by atoms with Crippen molar-refractivity contribution in [2.24, 2.45) is 5.92 Å². The normalized spacial score (nSPS) is 10.8. The number of hydrogen-bond donors (Lipinski definition) is 1. The molecule has 19 heavy (non-hydrogen) atoms. The first kappa shape index (κ1) is 16.3. The van der Waals surface area contributed by atoms with Gasteiger partial charge in [0.2, 0.25) is 0 Å². The van der Waals surface area contributed by atoms with Crippen LogP contribution in [-0.4, -0.2) is 25.4 Å². The zero-order chi connectivity index (χ0) is 14.3. The maximum atomic E-state index is 11.1. The SMILES string of the molecule is COC(=O)CSc1ccc(CNCC(C)C)c(Cl)c1. The van der Waals surface area contributed by atoms with Crippen LogP contribution in [0.15, 0.2) is 23.1 Å². The van der Waals surface area contributed by atoms with Gasteiger partial charge in [-0.15, -0.1) is 11.8 Å². The third-order valence-electron chi connectivity index (χ3n) is 2.48. The second kappa shape index (κ2) is 8.46. The van der Waals surface area contributed by atoms with Gasteiger partial charge in [-0.1, -0.05) is 31.5 Å². The smallest absolute Gasteiger partial charge is 0.315 e. The Morgan fingerprint density at radius 2 is 2.21 bits per heavy atom. The molecule has 106 valence electrons. The van der Waals surface area contributed by atoms with Crippen LogP contribution < -0.4 is 5.32 Å². The highest BCUT2D eigenvalue weighted by atomic mass is 35.5. The molecule has 0 fully saturated rings. The largest absolute Gasteiger partial charge is 0.468 e. The third kappa shape index (κ3) is 6.32. The molecule has 0 heterocycles. The molecule has 1 aromatic carbocycles. The summed E-state index contributed by atoms with van der Waals surface area (Å²) in [6, 6.07) is 5.86. The molecule has 0 spiro atoms. The predicted molar refractivity (Wildman–Crippen MR) is 80.7 cm³/mol. The second-order valence-electron chi connectivity index (χ2n) is 4.64. The minimum absolute atomic E-state index is 0.233. The Kier molecular flexibility index (Phi) is 7.28. The Morgan fingerprint density at radius 1 is 1.47 bits per heavy atom. The second-order valence-corrected chi connectivity index (χ2v) is 6.10. The molecule has 0 aliphatic carbocycles. The summed E-state index contributed by atoms with van der Waals surface area (Å²) in [4.78, 5) is 12.0. The lowest BCUT2D eigenvalue weighted by molar-refractivity contribution is -0.137. The average molecular weight is 302 g/mol. The van der Waals surface area contributed by atoms with Crippen LogP contribution in [0, 0.1) is 5.92 Å². The molecule has 0 radical (unpaired) electrons. The summed E-state index contributed by atoms with van der Waals surface area (Å²) in [6.45, 7) is 6.07. The summed E-state index contributed by atoms with van der Waals surface area (Å²) in [5.74, 6) is 0.690. The molecule has 0 amide bonds. The number of nitrogens with one attached hydrogen (secondary N) is 1. The van der Waals surface area contributed by atoms with E-state index in [2.05, 4.69) is 23.9 Å². The van der Waals surface area contributed by atoms with E-state index < -0.39 is 0 Å². The van der Waals surface area contributed by atoms with Crippen molar-refractivity contribution in [2.45, 2.75) is 25.3 Å². The van der Waals surface area contributed by atoms with Crippen LogP contribution in [0.3, 0.4) is 0 Å². The molecule has 3 nitrogen and oxygen atoms in total. The summed E-state index contributed by atoms with van der Waals surface area (Å²) in [5, 5.41) is 4.08. The molecule has 0 aromatic heterocycles. The average Bonchev–Trinajstić information content (AvgIpc) is 2.37. The van der Waals surface area contributed by atoms with Crippen LogP contribution in [0.4, 0.5) is 0 Å². The number of methoxy groups -OCH3 is 1. The van der Waals surface area contributed by atoms with Gasteiger partial charge in [0.15, 0.2) is 0 Å². The van der Waals surface area contributed by atoms with Crippen molar-refractivity contribution in [2.75, 3.05) is 19.4 Å². The first-order valence-corrected chi connectivity index (χ1v) is 7.58. The number of benzene rings is 1. The highest BCUT2D eigenvalue weighted by Crippen LogP contribution is 2.25. The van der Waals surface area contributed by atoms with Crippen molar-refractivity contribution >= 4 is 29.3 Å². The van der Waals surface area contributed by atoms with E-state index in [0.717, 1.165) is 28.6 Å². The number of ether oxygens (including phenoxy) is 1. The Balaban J connectivity index is 2.51. The number of hydrogen-bond acceptors (Lipinski definition) is 4. The molecule has 0 saturated heterocycles. The van der Waals surface area contributed by atoms with Crippen molar-refractivity contribution in [3.63, 3.8) is 0 Å². The van der Waals surface area contributed by atoms with Gasteiger partial charge < -0.3 is 10.1 Å². The zero-order valence-corrected chi connectivity index (χ0v) is 13.1. The summed E-state index contributed by atoms with van der Waals surface area (Å²) in [6.07, 6.45) is 0. The molecule has 1 aromatic rings. The number of halogens is 1. The lowest BCUT2D eigenvalue weighted by Gasteiger charge is -2.10. The lowest BCUT2D eigenvalue weighted by Crippen LogP contribution is -2.19. The zero-order valence-electron chi connectivity index (χ0n) is 11.5. The van der Waals surface area contributed by atoms with Crippen LogP contribution in [0.5, 0.6) is 0 Å². The molecule has 5 heteroatoms. The maximum absolute atomic E-state index is 11.1. The third-order valence-corrected chi connectivity index (χ3v) is 3.80. The van der Waals surface area contributed by atoms with Gasteiger partial charge in [0.05, 0.1) is 12.9 Å². The standard InChI is InChI=1S/C14H20ClNO2S/c1-10(2)7-16-8-11-4-5-12(6-13(11)15)19-9-14(17)18-3/h4-6,10,16H,7-9H2,1-3H3. The van der Waals surface area contributed by atoms with Gasteiger partial charge in [-0.3, -0.25) is 4.79 Å². The number of rotatable bonds is 7. The molecule has 0 atom stereocenters. The van der Waals surface area contributed by atoms with Gasteiger partial charge in [0, 0.05) is 16.5 Å². The fourth-order valence-corrected chi connectivity index (χ4v) is 2.54. The van der Waals surface area contributed by atoms with Gasteiger partial charge in [-0.25, -0.2) is 0 Å². The Hall–Kier alpha value is -0.710. The quantitative estimate of drug-likeness (QED) is 0.619. The van der Waals surface area contributed by atoms with Crippen molar-refractivity contribution < 1.29 is 9.53 Å². The minimum atomic E-state index is -0.233. The van der Waals surface area contributed by atoms with Crippen molar-refractivity contribution in [3.8, 4) is 0 Å². The van der Waals surface area contributed by atoms with E-state index >= 15 is 0 Å². The van der Waals surface area contributed by atoms with Crippen LogP contribution in [-0.2, 0) is 16.1 Å². The molecule has 0 aliphatic heterocycles. The first-order chi connectivity index (χ1) is 9.02. The lowest BCUT2D eigenvalue weighted by atomic mass is 10.2. The van der Waals surface area contributed by atoms with Crippen molar-refractivity contribution in [1.29, 1.82) is 0 Å². The van der Waals surface area contributed by atoms with Crippen LogP contribution in [0.1, 0.15) is 19.4 Å². The van der Waals surface area contributed by atoms with Gasteiger partial charge in [0.1, 0.15) is 0 Å². The summed E-state index contributed by atoms with van der Waals surface area (Å²) >= 11 is 7.65. The van der Waals surface area contributed by atoms with Crippen molar-refractivity contribution in [3.05, 3.63) is 28.8 Å². The number of esters is 1. The Morgan fingerprint density at radius 3 is 2.79 bits per heavy atom. The first-order valence-electron chi connectivity index (χ1n) is 6.21. The molecular weight excluding hydrogens is 282 g/mol. The highest BCUT2D eigenvalue weighted by molar-refractivity contribution is 8.00. The van der Waals surface area contributed by atoms with E-state index in [0.29, 0.717) is 11.7 Å². The van der Waals surface area contributed by atoms with Crippen LogP contribution in [0.25, 0.3) is 0 Å². The van der Waals surface area contributed by atoms with E-state index in [4.69, 9.17) is 11.6 Å². The maximum Gasteiger partial charge on any atom is 0.315 e. The molecular formula is C14H20ClNO2S. The van der Waals surface area contributed by atoms with Gasteiger partial charge in [0.25, 0.3) is 0 Å². The number of thioether (sulfide) groups is 1. The fraction of sp³-hybridized carbons (Fsp3) is 0.500. The van der Waals surface area contributed by atoms with E-state index in [1.54, 1.807) is 0 Å². The molecule has 0 bridgehead atoms. The molecule has 0 unspecified atom stereocenters. The fourth-order valence-electron chi connectivity index (χ4n) is 1.46. The molecule has 0 aliphatic rings. The number of carbonyl (C=O) groups is 1. The van der Waals surface area contributed by atoms with E-state index in [9.17, 15) is 4.79 Å². The van der Waals surface area contributed by atoms with E-state index in [-0.39, 0.29) is 5.97 Å². The van der Waals surface area contributed by atoms with Gasteiger partial charge in [-0.2, -0.15) is 0 Å². The minimum Gasteiger partial charge on any atom is -0.468 e. The molecule has 0 saturated carbocycles. The summed E-state index contributed by atoms with van der Waals surface area (Å²) in [5.41, 5.74) is 1.07. The monoisotopic (exact) mass is 301 g/mol. The summed E-state index contributed by atoms with van der Waals surface area (Å²) < 4.78 is 4.60. The van der Waals surface area contributed by atoms with E-state index in [1.807, 2.05) is 18.2 Å². The highest BCUT2D eigenvalue weighted by Gasteiger charge is 2.05. The van der Waals surface area contributed by atoms with Gasteiger partial charge >= 0.3 is 5.97 Å². The van der Waals surface area contributed by atoms with E-state index in [1.165, 1.54) is 18.9 Å². The van der Waals surface area contributed by atoms with Gasteiger partial charge in [-0.05, 0) is 30.2 Å². The van der Waals surface area contributed by atoms with Crippen LogP contribution in [0.2, 0.25) is 5.02 Å². The Bertz CT molecular complexity index is 424. The predicted octanol–water partition coefficient (Wildman–Crippen LogP) is 3.35. The topological polar surface area (TPSA) is 38.3 Å². The Labute approximate surface area is 124 Å². The molecule has 1 rings (SSSR count). The summed E-state index contributed by atoms with van der Waals surface area (Å²) in [7, 11) is 1.39. The molecule has 1 N–H and O–H groups in total. The number of carbonyl (C=O) groups excluding carboxylic acids is 1. The van der Waals surface area contributed by atoms with Crippen LogP contribution >= 0.6 is 23.4 Å². The van der Waals surface area contributed by atoms with Crippen molar-refractivity contribution in [1.82, 2.24) is 5.32 Å².